The highest BCUT2D eigenvalue weighted by Gasteiger charge is 2.32. The average molecular weight is 434 g/mol. The van der Waals surface area contributed by atoms with Gasteiger partial charge in [0.1, 0.15) is 11.8 Å². The molecule has 1 aliphatic rings. The molecule has 0 aliphatic carbocycles. The van der Waals surface area contributed by atoms with Gasteiger partial charge >= 0.3 is 0 Å². The molecule has 1 aliphatic heterocycles. The highest BCUT2D eigenvalue weighted by molar-refractivity contribution is 5.82. The summed E-state index contributed by atoms with van der Waals surface area (Å²) in [5.74, 6) is 0.428. The molecule has 1 fully saturated rings. The number of piperazine rings is 1. The second kappa shape index (κ2) is 11.3. The van der Waals surface area contributed by atoms with Crippen LogP contribution in [0.3, 0.4) is 0 Å². The molecule has 6 nitrogen and oxygen atoms in total. The molecule has 2 amide bonds. The van der Waals surface area contributed by atoms with E-state index >= 15 is 0 Å². The fourth-order valence-corrected chi connectivity index (χ4v) is 3.87. The summed E-state index contributed by atoms with van der Waals surface area (Å²) < 4.78 is 5.99. The molecule has 0 aromatic heterocycles. The standard InChI is InChI=1S/C26H31N3O3/c1-20(2)25(32-23-13-7-6-12-22(23)19-27)26(31)29-17-15-28(16-18-29)24(30)14-8-11-21-9-4-3-5-10-21/h3-7,9-10,12-13,20,25H,8,11,14-18H2,1-2H3. The average Bonchev–Trinajstić information content (AvgIpc) is 2.83. The van der Waals surface area contributed by atoms with Crippen molar-refractivity contribution in [1.29, 1.82) is 5.26 Å². The van der Waals surface area contributed by atoms with Crippen molar-refractivity contribution < 1.29 is 14.3 Å². The summed E-state index contributed by atoms with van der Waals surface area (Å²) in [5, 5.41) is 9.30. The van der Waals surface area contributed by atoms with Crippen molar-refractivity contribution in [1.82, 2.24) is 9.80 Å². The number of nitrogens with zero attached hydrogens (tertiary/aromatic N) is 3. The molecular weight excluding hydrogens is 402 g/mol. The van der Waals surface area contributed by atoms with Gasteiger partial charge in [-0.25, -0.2) is 0 Å². The maximum Gasteiger partial charge on any atom is 0.264 e. The van der Waals surface area contributed by atoms with E-state index in [0.29, 0.717) is 43.9 Å². The monoisotopic (exact) mass is 433 g/mol. The van der Waals surface area contributed by atoms with Crippen molar-refractivity contribution in [2.24, 2.45) is 5.92 Å². The van der Waals surface area contributed by atoms with Crippen LogP contribution in [0.4, 0.5) is 0 Å². The van der Waals surface area contributed by atoms with Crippen molar-refractivity contribution in [3.05, 3.63) is 65.7 Å². The number of benzene rings is 2. The number of para-hydroxylation sites is 1. The Labute approximate surface area is 190 Å². The van der Waals surface area contributed by atoms with Crippen LogP contribution in [0.2, 0.25) is 0 Å². The van der Waals surface area contributed by atoms with Crippen LogP contribution < -0.4 is 4.74 Å². The molecule has 2 aromatic carbocycles. The molecular formula is C26H31N3O3. The molecule has 32 heavy (non-hydrogen) atoms. The molecule has 0 spiro atoms. The number of aryl methyl sites for hydroxylation is 1. The Balaban J connectivity index is 1.50. The van der Waals surface area contributed by atoms with Crippen molar-refractivity contribution in [3.63, 3.8) is 0 Å². The molecule has 6 heteroatoms. The van der Waals surface area contributed by atoms with Crippen molar-refractivity contribution in [3.8, 4) is 11.8 Å². The number of ether oxygens (including phenoxy) is 1. The van der Waals surface area contributed by atoms with Crippen molar-refractivity contribution in [2.75, 3.05) is 26.2 Å². The minimum absolute atomic E-state index is 0.0492. The van der Waals surface area contributed by atoms with Crippen molar-refractivity contribution in [2.45, 2.75) is 39.2 Å². The van der Waals surface area contributed by atoms with Crippen LogP contribution in [-0.2, 0) is 16.0 Å². The third-order valence-corrected chi connectivity index (χ3v) is 5.75. The van der Waals surface area contributed by atoms with Crippen molar-refractivity contribution >= 4 is 11.8 Å². The lowest BCUT2D eigenvalue weighted by Gasteiger charge is -2.37. The first-order valence-corrected chi connectivity index (χ1v) is 11.3. The van der Waals surface area contributed by atoms with Gasteiger partial charge in [-0.05, 0) is 36.5 Å². The van der Waals surface area contributed by atoms with E-state index in [-0.39, 0.29) is 17.7 Å². The van der Waals surface area contributed by atoms with Gasteiger partial charge in [-0.2, -0.15) is 5.26 Å². The second-order valence-corrected chi connectivity index (χ2v) is 8.44. The quantitative estimate of drug-likeness (QED) is 0.637. The maximum atomic E-state index is 13.2. The molecule has 1 atom stereocenters. The lowest BCUT2D eigenvalue weighted by Crippen LogP contribution is -2.54. The molecule has 1 saturated heterocycles. The zero-order valence-corrected chi connectivity index (χ0v) is 18.9. The normalized spacial score (nSPS) is 14.7. The molecule has 0 bridgehead atoms. The van der Waals surface area contributed by atoms with E-state index < -0.39 is 6.10 Å². The van der Waals surface area contributed by atoms with Crippen LogP contribution in [0.5, 0.6) is 5.75 Å². The number of rotatable bonds is 8. The number of hydrogen-bond acceptors (Lipinski definition) is 4. The minimum atomic E-state index is -0.669. The fourth-order valence-electron chi connectivity index (χ4n) is 3.87. The number of carbonyl (C=O) groups excluding carboxylic acids is 2. The van der Waals surface area contributed by atoms with E-state index in [1.165, 1.54) is 5.56 Å². The largest absolute Gasteiger partial charge is 0.479 e. The van der Waals surface area contributed by atoms with E-state index in [9.17, 15) is 14.9 Å². The summed E-state index contributed by atoms with van der Waals surface area (Å²) in [4.78, 5) is 29.4. The van der Waals surface area contributed by atoms with Crippen LogP contribution in [-0.4, -0.2) is 53.9 Å². The molecule has 0 radical (unpaired) electrons. The summed E-state index contributed by atoms with van der Waals surface area (Å²) in [5.41, 5.74) is 1.66. The fraction of sp³-hybridized carbons (Fsp3) is 0.423. The Morgan fingerprint density at radius 1 is 0.969 bits per heavy atom. The predicted molar refractivity (Wildman–Crippen MR) is 123 cm³/mol. The number of hydrogen-bond donors (Lipinski definition) is 0. The molecule has 0 N–H and O–H groups in total. The SMILES string of the molecule is CC(C)C(Oc1ccccc1C#N)C(=O)N1CCN(C(=O)CCCc2ccccc2)CC1. The first-order chi connectivity index (χ1) is 15.5. The summed E-state index contributed by atoms with van der Waals surface area (Å²) in [6, 6.07) is 19.3. The topological polar surface area (TPSA) is 73.6 Å². The Bertz CT molecular complexity index is 944. The third kappa shape index (κ3) is 6.10. The molecule has 168 valence electrons. The first kappa shape index (κ1) is 23.3. The van der Waals surface area contributed by atoms with Gasteiger partial charge in [0.2, 0.25) is 5.91 Å². The lowest BCUT2D eigenvalue weighted by molar-refractivity contribution is -0.145. The summed E-state index contributed by atoms with van der Waals surface area (Å²) in [6.07, 6.45) is 1.56. The van der Waals surface area contributed by atoms with Gasteiger partial charge in [0.15, 0.2) is 6.10 Å². The van der Waals surface area contributed by atoms with Crippen LogP contribution in [0.1, 0.15) is 37.8 Å². The van der Waals surface area contributed by atoms with Crippen LogP contribution in [0.25, 0.3) is 0 Å². The van der Waals surface area contributed by atoms with Gasteiger partial charge in [0.25, 0.3) is 5.91 Å². The highest BCUT2D eigenvalue weighted by Crippen LogP contribution is 2.22. The van der Waals surface area contributed by atoms with Gasteiger partial charge in [-0.1, -0.05) is 56.3 Å². The van der Waals surface area contributed by atoms with E-state index in [2.05, 4.69) is 18.2 Å². The number of amides is 2. The summed E-state index contributed by atoms with van der Waals surface area (Å²) in [7, 11) is 0. The Hall–Kier alpha value is -3.33. The molecule has 1 unspecified atom stereocenters. The predicted octanol–water partition coefficient (Wildman–Crippen LogP) is 3.66. The van der Waals surface area contributed by atoms with Crippen LogP contribution >= 0.6 is 0 Å². The number of carbonyl (C=O) groups is 2. The van der Waals surface area contributed by atoms with E-state index in [4.69, 9.17) is 4.74 Å². The second-order valence-electron chi connectivity index (χ2n) is 8.44. The number of nitriles is 1. The minimum Gasteiger partial charge on any atom is -0.479 e. The zero-order valence-electron chi connectivity index (χ0n) is 18.9. The Morgan fingerprint density at radius 2 is 1.59 bits per heavy atom. The van der Waals surface area contributed by atoms with E-state index in [1.807, 2.05) is 36.9 Å². The van der Waals surface area contributed by atoms with Gasteiger partial charge in [-0.15, -0.1) is 0 Å². The molecule has 3 rings (SSSR count). The molecule has 1 heterocycles. The van der Waals surface area contributed by atoms with E-state index in [0.717, 1.165) is 12.8 Å². The van der Waals surface area contributed by atoms with Gasteiger partial charge in [0.05, 0.1) is 5.56 Å². The van der Waals surface area contributed by atoms with E-state index in [1.54, 1.807) is 29.2 Å². The van der Waals surface area contributed by atoms with Gasteiger partial charge in [-0.3, -0.25) is 9.59 Å². The van der Waals surface area contributed by atoms with Gasteiger partial charge < -0.3 is 14.5 Å². The smallest absolute Gasteiger partial charge is 0.264 e. The van der Waals surface area contributed by atoms with Crippen LogP contribution in [0.15, 0.2) is 54.6 Å². The first-order valence-electron chi connectivity index (χ1n) is 11.3. The maximum absolute atomic E-state index is 13.2. The third-order valence-electron chi connectivity index (χ3n) is 5.75. The lowest BCUT2D eigenvalue weighted by atomic mass is 10.0. The zero-order chi connectivity index (χ0) is 22.9. The molecule has 0 saturated carbocycles. The Kier molecular flexibility index (Phi) is 8.27. The van der Waals surface area contributed by atoms with Gasteiger partial charge in [0, 0.05) is 32.6 Å². The highest BCUT2D eigenvalue weighted by atomic mass is 16.5. The summed E-state index contributed by atoms with van der Waals surface area (Å²) >= 11 is 0. The van der Waals surface area contributed by atoms with Crippen LogP contribution in [0, 0.1) is 17.2 Å². The molecule has 2 aromatic rings. The summed E-state index contributed by atoms with van der Waals surface area (Å²) in [6.45, 7) is 5.94. The Morgan fingerprint density at radius 3 is 2.25 bits per heavy atom.